The summed E-state index contributed by atoms with van der Waals surface area (Å²) in [5.41, 5.74) is 0. The van der Waals surface area contributed by atoms with Crippen molar-refractivity contribution in [3.63, 3.8) is 0 Å². The van der Waals surface area contributed by atoms with Gasteiger partial charge in [0.15, 0.2) is 0 Å². The van der Waals surface area contributed by atoms with E-state index < -0.39 is 0 Å². The molecule has 18 heteroatoms. The highest BCUT2D eigenvalue weighted by Gasteiger charge is 2.12. The second-order valence-electron chi connectivity index (χ2n) is 29.4. The number of ether oxygens (including phenoxy) is 16. The average molecular weight is 1470 g/mol. The van der Waals surface area contributed by atoms with E-state index in [4.69, 9.17) is 86.0 Å². The standard InChI is InChI=1S/C24H50O5.2C23H48O6.C14H30O/c1-6-11-25-13-15-27-17-19-29-20-18-28-16-14-26-12-10-24(5)21-23(4)9-7-8-22(2)3;1-21(2)20-23(4)7-5-6-22(3)8-10-25-12-14-27-16-18-29-19-17-28-15-13-26-11-9-24;1-4-23(21-22(2)3)9-7-5-6-8-11-25-13-15-27-17-19-29-20-18-28-16-14-26-12-10-24;1-4-7-8-10-14(9-5-2)11-13-15-12-6-3/h22-24H,6-21H2,1-5H3;21-24H,5-20H2,1-4H3;22-24H,4-21H2,1-3H3;14H,4-13H2,1-3H3. The lowest BCUT2D eigenvalue weighted by atomic mass is 9.90. The van der Waals surface area contributed by atoms with Crippen molar-refractivity contribution in [1.82, 2.24) is 0 Å². The predicted molar refractivity (Wildman–Crippen MR) is 424 cm³/mol. The minimum absolute atomic E-state index is 0.0470. The van der Waals surface area contributed by atoms with Crippen LogP contribution in [0.2, 0.25) is 0 Å². The summed E-state index contributed by atoms with van der Waals surface area (Å²) in [5.74, 6) is 7.44. The van der Waals surface area contributed by atoms with E-state index in [1.165, 1.54) is 135 Å². The summed E-state index contributed by atoms with van der Waals surface area (Å²) in [6, 6.07) is 0. The summed E-state index contributed by atoms with van der Waals surface area (Å²) in [4.78, 5) is 0. The topological polar surface area (TPSA) is 188 Å². The zero-order valence-corrected chi connectivity index (χ0v) is 70.0. The average Bonchev–Trinajstić information content (AvgIpc) is 1.39. The van der Waals surface area contributed by atoms with Crippen molar-refractivity contribution < 1.29 is 86.0 Å². The Bertz CT molecular complexity index is 1440. The van der Waals surface area contributed by atoms with Crippen LogP contribution in [0.15, 0.2) is 0 Å². The first-order valence-corrected chi connectivity index (χ1v) is 42.1. The summed E-state index contributed by atoms with van der Waals surface area (Å²) in [7, 11) is 0. The molecule has 6 unspecified atom stereocenters. The fraction of sp³-hybridized carbons (Fsp3) is 1.00. The SMILES string of the molecule is CC(C)CC(C)CCCC(C)CCOCCOCCOCCOCCOCCO.CCC(CCCCCCOCCOCCOCCOCCOCCO)CC(C)C.CCCCCC(CCC)CCOCCC.CCCOCCOCCOCCOCCOCCC(C)CC(C)CCCC(C)C. The van der Waals surface area contributed by atoms with Gasteiger partial charge in [0.2, 0.25) is 0 Å². The van der Waals surface area contributed by atoms with Gasteiger partial charge in [-0.15, -0.1) is 0 Å². The van der Waals surface area contributed by atoms with Crippen LogP contribution in [-0.4, -0.2) is 235 Å². The highest BCUT2D eigenvalue weighted by atomic mass is 16.6. The zero-order chi connectivity index (χ0) is 75.9. The summed E-state index contributed by atoms with van der Waals surface area (Å²) in [6.45, 7) is 54.6. The number of aliphatic hydroxyl groups excluding tert-OH is 2. The van der Waals surface area contributed by atoms with E-state index in [9.17, 15) is 0 Å². The molecule has 0 spiro atoms. The predicted octanol–water partition coefficient (Wildman–Crippen LogP) is 18.2. The fourth-order valence-corrected chi connectivity index (χ4v) is 11.6. The fourth-order valence-electron chi connectivity index (χ4n) is 11.6. The van der Waals surface area contributed by atoms with Gasteiger partial charge in [0, 0.05) is 39.6 Å². The second-order valence-corrected chi connectivity index (χ2v) is 29.4. The minimum Gasteiger partial charge on any atom is -0.394 e. The lowest BCUT2D eigenvalue weighted by molar-refractivity contribution is -0.0138. The lowest BCUT2D eigenvalue weighted by Crippen LogP contribution is -2.14. The van der Waals surface area contributed by atoms with Gasteiger partial charge in [0.1, 0.15) is 0 Å². The van der Waals surface area contributed by atoms with Gasteiger partial charge in [-0.25, -0.2) is 0 Å². The Balaban J connectivity index is -0.000000643. The van der Waals surface area contributed by atoms with E-state index in [1.807, 2.05) is 0 Å². The van der Waals surface area contributed by atoms with Crippen LogP contribution in [0, 0.1) is 53.3 Å². The molecule has 0 aliphatic carbocycles. The van der Waals surface area contributed by atoms with Crippen LogP contribution in [0.3, 0.4) is 0 Å². The largest absolute Gasteiger partial charge is 0.394 e. The van der Waals surface area contributed by atoms with E-state index in [1.54, 1.807) is 0 Å². The monoisotopic (exact) mass is 1470 g/mol. The molecule has 0 fully saturated rings. The van der Waals surface area contributed by atoms with Gasteiger partial charge in [-0.1, -0.05) is 213 Å². The maximum absolute atomic E-state index is 8.55. The normalized spacial score (nSPS) is 13.4. The number of hydrogen-bond donors (Lipinski definition) is 2. The summed E-state index contributed by atoms with van der Waals surface area (Å²) in [6.07, 6.45) is 33.9. The van der Waals surface area contributed by atoms with Gasteiger partial charge in [-0.2, -0.15) is 0 Å². The molecule has 0 bridgehead atoms. The Morgan fingerprint density at radius 1 is 0.186 bits per heavy atom. The van der Waals surface area contributed by atoms with Crippen LogP contribution in [0.1, 0.15) is 271 Å². The Morgan fingerprint density at radius 2 is 0.490 bits per heavy atom. The van der Waals surface area contributed by atoms with Gasteiger partial charge in [0.25, 0.3) is 0 Å². The first-order valence-electron chi connectivity index (χ1n) is 42.1. The van der Waals surface area contributed by atoms with Crippen molar-refractivity contribution in [2.75, 3.05) is 225 Å². The van der Waals surface area contributed by atoms with Crippen LogP contribution >= 0.6 is 0 Å². The van der Waals surface area contributed by atoms with Crippen molar-refractivity contribution >= 4 is 0 Å². The quantitative estimate of drug-likeness (QED) is 0.0547. The molecular weight excluding hydrogens is 1300 g/mol. The van der Waals surface area contributed by atoms with Crippen LogP contribution < -0.4 is 0 Å². The van der Waals surface area contributed by atoms with Crippen molar-refractivity contribution in [3.8, 4) is 0 Å². The molecule has 6 atom stereocenters. The Hall–Kier alpha value is -0.720. The molecule has 0 saturated heterocycles. The maximum Gasteiger partial charge on any atom is 0.0701 e. The maximum atomic E-state index is 8.55. The summed E-state index contributed by atoms with van der Waals surface area (Å²) < 4.78 is 87.0. The molecule has 0 aliphatic heterocycles. The summed E-state index contributed by atoms with van der Waals surface area (Å²) >= 11 is 0. The molecule has 18 nitrogen and oxygen atoms in total. The first kappa shape index (κ1) is 108. The van der Waals surface area contributed by atoms with E-state index in [0.29, 0.717) is 172 Å². The number of aliphatic hydroxyl groups is 2. The molecule has 2 N–H and O–H groups in total. The Labute approximate surface area is 631 Å². The van der Waals surface area contributed by atoms with Crippen molar-refractivity contribution in [3.05, 3.63) is 0 Å². The Morgan fingerprint density at radius 3 is 0.863 bits per heavy atom. The third kappa shape index (κ3) is 101. The molecule has 0 aromatic rings. The Kier molecular flexibility index (Phi) is 99.7. The number of rotatable bonds is 81. The van der Waals surface area contributed by atoms with Gasteiger partial charge in [-0.3, -0.25) is 0 Å². The van der Waals surface area contributed by atoms with Gasteiger partial charge in [0.05, 0.1) is 185 Å². The summed E-state index contributed by atoms with van der Waals surface area (Å²) in [5, 5.41) is 17.1. The second kappa shape index (κ2) is 94.5. The van der Waals surface area contributed by atoms with E-state index in [-0.39, 0.29) is 13.2 Å². The van der Waals surface area contributed by atoms with E-state index in [2.05, 4.69) is 104 Å². The van der Waals surface area contributed by atoms with Crippen LogP contribution in [-0.2, 0) is 75.8 Å². The smallest absolute Gasteiger partial charge is 0.0701 e. The van der Waals surface area contributed by atoms with Crippen LogP contribution in [0.4, 0.5) is 0 Å². The molecule has 0 aromatic carbocycles. The molecule has 0 heterocycles. The van der Waals surface area contributed by atoms with Crippen molar-refractivity contribution in [1.29, 1.82) is 0 Å². The molecule has 620 valence electrons. The lowest BCUT2D eigenvalue weighted by Gasteiger charge is -2.17. The first-order chi connectivity index (χ1) is 49.7. The molecule has 102 heavy (non-hydrogen) atoms. The molecule has 0 aliphatic rings. The van der Waals surface area contributed by atoms with Gasteiger partial charge < -0.3 is 86.0 Å². The molecular formula is C84H176O18. The van der Waals surface area contributed by atoms with Crippen LogP contribution in [0.25, 0.3) is 0 Å². The third-order valence-electron chi connectivity index (χ3n) is 17.3. The third-order valence-corrected chi connectivity index (χ3v) is 17.3. The van der Waals surface area contributed by atoms with Gasteiger partial charge in [-0.05, 0) is 111 Å². The molecule has 0 saturated carbocycles. The number of unbranched alkanes of at least 4 members (excludes halogenated alkanes) is 5. The number of hydrogen-bond acceptors (Lipinski definition) is 18. The van der Waals surface area contributed by atoms with Crippen LogP contribution in [0.5, 0.6) is 0 Å². The highest BCUT2D eigenvalue weighted by Crippen LogP contribution is 2.24. The van der Waals surface area contributed by atoms with Gasteiger partial charge >= 0.3 is 0 Å². The van der Waals surface area contributed by atoms with E-state index in [0.717, 1.165) is 125 Å². The van der Waals surface area contributed by atoms with Crippen molar-refractivity contribution in [2.24, 2.45) is 53.3 Å². The van der Waals surface area contributed by atoms with E-state index >= 15 is 0 Å². The molecule has 0 amide bonds. The van der Waals surface area contributed by atoms with Crippen molar-refractivity contribution in [2.45, 2.75) is 271 Å². The minimum atomic E-state index is 0.0470. The molecule has 0 aromatic heterocycles. The molecule has 0 radical (unpaired) electrons. The highest BCUT2D eigenvalue weighted by molar-refractivity contribution is 4.64. The zero-order valence-electron chi connectivity index (χ0n) is 70.0. The molecule has 0 rings (SSSR count).